The van der Waals surface area contributed by atoms with Gasteiger partial charge in [0.25, 0.3) is 0 Å². The maximum absolute atomic E-state index is 6.13. The van der Waals surface area contributed by atoms with Crippen molar-refractivity contribution in [2.24, 2.45) is 0 Å². The Morgan fingerprint density at radius 3 is 2.65 bits per heavy atom. The maximum atomic E-state index is 6.13. The highest BCUT2D eigenvalue weighted by atomic mass is 35.5. The first-order valence-electron chi connectivity index (χ1n) is 5.33. The number of H-pyrrole nitrogens is 1. The zero-order valence-electron chi connectivity index (χ0n) is 9.59. The first-order chi connectivity index (χ1) is 8.06. The molecule has 3 nitrogen and oxygen atoms in total. The molecule has 1 heterocycles. The molecule has 0 saturated heterocycles. The van der Waals surface area contributed by atoms with E-state index >= 15 is 0 Å². The van der Waals surface area contributed by atoms with Gasteiger partial charge in [-0.25, -0.2) is 0 Å². The Morgan fingerprint density at radius 2 is 2.00 bits per heavy atom. The van der Waals surface area contributed by atoms with Crippen molar-refractivity contribution in [2.75, 3.05) is 5.32 Å². The van der Waals surface area contributed by atoms with Crippen molar-refractivity contribution < 1.29 is 0 Å². The quantitative estimate of drug-likeness (QED) is 0.877. The van der Waals surface area contributed by atoms with Gasteiger partial charge in [-0.15, -0.1) is 0 Å². The average molecular weight is 270 g/mol. The predicted octanol–water partition coefficient (Wildman–Crippen LogP) is 4.20. The Labute approximate surface area is 110 Å². The van der Waals surface area contributed by atoms with Gasteiger partial charge in [-0.1, -0.05) is 23.2 Å². The fourth-order valence-corrected chi connectivity index (χ4v) is 2.05. The minimum atomic E-state index is 0.340. The van der Waals surface area contributed by atoms with Crippen molar-refractivity contribution in [3.63, 3.8) is 0 Å². The van der Waals surface area contributed by atoms with E-state index in [2.05, 4.69) is 29.4 Å². The van der Waals surface area contributed by atoms with E-state index in [-0.39, 0.29) is 0 Å². The summed E-state index contributed by atoms with van der Waals surface area (Å²) in [7, 11) is 0. The number of anilines is 1. The molecule has 17 heavy (non-hydrogen) atoms. The third-order valence-electron chi connectivity index (χ3n) is 2.24. The van der Waals surface area contributed by atoms with E-state index < -0.39 is 0 Å². The normalized spacial score (nSPS) is 10.9. The highest BCUT2D eigenvalue weighted by molar-refractivity contribution is 6.36. The Bertz CT molecular complexity index is 520. The number of halogens is 2. The van der Waals surface area contributed by atoms with Gasteiger partial charge in [0.2, 0.25) is 0 Å². The molecule has 2 N–H and O–H groups in total. The van der Waals surface area contributed by atoms with Crippen LogP contribution in [0.3, 0.4) is 0 Å². The lowest BCUT2D eigenvalue weighted by Crippen LogP contribution is -2.09. The molecule has 2 rings (SSSR count). The number of aromatic nitrogens is 2. The van der Waals surface area contributed by atoms with E-state index in [1.807, 2.05) is 12.1 Å². The zero-order chi connectivity index (χ0) is 12.4. The number of hydrogen-bond donors (Lipinski definition) is 2. The SMILES string of the molecule is CC(C)Nc1cc(-c2ccc(Cl)cc2Cl)[nH]n1. The van der Waals surface area contributed by atoms with Crippen LogP contribution in [0.2, 0.25) is 10.0 Å². The van der Waals surface area contributed by atoms with Gasteiger partial charge in [0.05, 0.1) is 10.7 Å². The van der Waals surface area contributed by atoms with E-state index in [4.69, 9.17) is 23.2 Å². The molecule has 0 aliphatic rings. The second kappa shape index (κ2) is 4.98. The van der Waals surface area contributed by atoms with E-state index in [9.17, 15) is 0 Å². The Balaban J connectivity index is 2.30. The van der Waals surface area contributed by atoms with Crippen molar-refractivity contribution in [3.8, 4) is 11.3 Å². The largest absolute Gasteiger partial charge is 0.366 e. The van der Waals surface area contributed by atoms with Crippen molar-refractivity contribution in [2.45, 2.75) is 19.9 Å². The topological polar surface area (TPSA) is 40.7 Å². The Kier molecular flexibility index (Phi) is 3.60. The first-order valence-corrected chi connectivity index (χ1v) is 6.09. The predicted molar refractivity (Wildman–Crippen MR) is 72.8 cm³/mol. The van der Waals surface area contributed by atoms with Gasteiger partial charge in [0.15, 0.2) is 0 Å². The standard InChI is InChI=1S/C12H13Cl2N3/c1-7(2)15-12-6-11(16-17-12)9-4-3-8(13)5-10(9)14/h3-7H,1-2H3,(H2,15,16,17). The van der Waals surface area contributed by atoms with Crippen LogP contribution in [-0.4, -0.2) is 16.2 Å². The molecule has 90 valence electrons. The van der Waals surface area contributed by atoms with Crippen LogP contribution in [0, 0.1) is 0 Å². The van der Waals surface area contributed by atoms with Crippen LogP contribution >= 0.6 is 23.2 Å². The fraction of sp³-hybridized carbons (Fsp3) is 0.250. The van der Waals surface area contributed by atoms with E-state index in [1.165, 1.54) is 0 Å². The monoisotopic (exact) mass is 269 g/mol. The molecular weight excluding hydrogens is 257 g/mol. The number of aromatic amines is 1. The van der Waals surface area contributed by atoms with Crippen molar-refractivity contribution in [3.05, 3.63) is 34.3 Å². The molecule has 0 aliphatic heterocycles. The molecule has 0 amide bonds. The maximum Gasteiger partial charge on any atom is 0.148 e. The van der Waals surface area contributed by atoms with Crippen LogP contribution in [0.15, 0.2) is 24.3 Å². The summed E-state index contributed by atoms with van der Waals surface area (Å²) < 4.78 is 0. The molecule has 0 radical (unpaired) electrons. The minimum absolute atomic E-state index is 0.340. The summed E-state index contributed by atoms with van der Waals surface area (Å²) in [5, 5.41) is 11.6. The second-order valence-corrected chi connectivity index (χ2v) is 4.93. The summed E-state index contributed by atoms with van der Waals surface area (Å²) in [6.45, 7) is 4.12. The highest BCUT2D eigenvalue weighted by Gasteiger charge is 2.08. The van der Waals surface area contributed by atoms with Crippen molar-refractivity contribution in [1.29, 1.82) is 0 Å². The number of hydrogen-bond acceptors (Lipinski definition) is 2. The molecule has 0 saturated carbocycles. The van der Waals surface area contributed by atoms with Crippen molar-refractivity contribution in [1.82, 2.24) is 10.2 Å². The fourth-order valence-electron chi connectivity index (χ4n) is 1.54. The summed E-state index contributed by atoms with van der Waals surface area (Å²) in [6, 6.07) is 7.66. The number of benzene rings is 1. The molecule has 1 aromatic heterocycles. The number of nitrogens with one attached hydrogen (secondary N) is 2. The van der Waals surface area contributed by atoms with Gasteiger partial charge in [0.1, 0.15) is 5.82 Å². The molecule has 0 aliphatic carbocycles. The third-order valence-corrected chi connectivity index (χ3v) is 2.78. The van der Waals surface area contributed by atoms with Crippen LogP contribution in [0.1, 0.15) is 13.8 Å². The molecule has 0 spiro atoms. The molecule has 0 unspecified atom stereocenters. The van der Waals surface area contributed by atoms with E-state index in [0.29, 0.717) is 16.1 Å². The lowest BCUT2D eigenvalue weighted by Gasteiger charge is -2.04. The summed E-state index contributed by atoms with van der Waals surface area (Å²) in [5.74, 6) is 0.806. The molecule has 2 aromatic rings. The molecule has 1 aromatic carbocycles. The van der Waals surface area contributed by atoms with Crippen molar-refractivity contribution >= 4 is 29.0 Å². The van der Waals surface area contributed by atoms with Gasteiger partial charge >= 0.3 is 0 Å². The van der Waals surface area contributed by atoms with Crippen LogP contribution in [0.25, 0.3) is 11.3 Å². The molecule has 0 atom stereocenters. The lowest BCUT2D eigenvalue weighted by atomic mass is 10.1. The smallest absolute Gasteiger partial charge is 0.148 e. The molecule has 0 fully saturated rings. The van der Waals surface area contributed by atoms with Gasteiger partial charge < -0.3 is 5.32 Å². The Morgan fingerprint density at radius 1 is 1.24 bits per heavy atom. The Hall–Kier alpha value is -1.19. The zero-order valence-corrected chi connectivity index (χ0v) is 11.1. The minimum Gasteiger partial charge on any atom is -0.366 e. The lowest BCUT2D eigenvalue weighted by molar-refractivity contribution is 0.884. The molecular formula is C12H13Cl2N3. The second-order valence-electron chi connectivity index (χ2n) is 4.09. The van der Waals surface area contributed by atoms with Gasteiger partial charge in [-0.3, -0.25) is 5.10 Å². The summed E-state index contributed by atoms with van der Waals surface area (Å²) in [6.07, 6.45) is 0. The van der Waals surface area contributed by atoms with E-state index in [0.717, 1.165) is 17.1 Å². The number of rotatable bonds is 3. The highest BCUT2D eigenvalue weighted by Crippen LogP contribution is 2.30. The van der Waals surface area contributed by atoms with Crippen LogP contribution in [-0.2, 0) is 0 Å². The van der Waals surface area contributed by atoms with Crippen LogP contribution in [0.5, 0.6) is 0 Å². The van der Waals surface area contributed by atoms with Gasteiger partial charge in [-0.2, -0.15) is 5.10 Å². The van der Waals surface area contributed by atoms with Crippen LogP contribution in [0.4, 0.5) is 5.82 Å². The van der Waals surface area contributed by atoms with E-state index in [1.54, 1.807) is 12.1 Å². The summed E-state index contributed by atoms with van der Waals surface area (Å²) in [4.78, 5) is 0. The van der Waals surface area contributed by atoms with Gasteiger partial charge in [0, 0.05) is 22.7 Å². The summed E-state index contributed by atoms with van der Waals surface area (Å²) in [5.41, 5.74) is 1.76. The third kappa shape index (κ3) is 2.93. The average Bonchev–Trinajstić information content (AvgIpc) is 2.65. The molecule has 0 bridgehead atoms. The first kappa shape index (κ1) is 12.3. The van der Waals surface area contributed by atoms with Gasteiger partial charge in [-0.05, 0) is 32.0 Å². The summed E-state index contributed by atoms with van der Waals surface area (Å²) >= 11 is 12.0. The molecule has 5 heteroatoms. The number of nitrogens with zero attached hydrogens (tertiary/aromatic N) is 1. The van der Waals surface area contributed by atoms with Crippen LogP contribution < -0.4 is 5.32 Å².